The Labute approximate surface area is 193 Å². The van der Waals surface area contributed by atoms with E-state index >= 15 is 0 Å². The van der Waals surface area contributed by atoms with Crippen molar-refractivity contribution >= 4 is 11.9 Å². The van der Waals surface area contributed by atoms with Crippen LogP contribution in [0.25, 0.3) is 0 Å². The van der Waals surface area contributed by atoms with Gasteiger partial charge in [-0.3, -0.25) is 14.5 Å². The number of hydrogen-bond acceptors (Lipinski definition) is 6. The standard InChI is InChI=1S/C25H30N2O6/c1-3-11-26-22(28)10-12-27-14-19(17-6-9-20-21(13-17)33-15-32-20)23(25(29)30)24(27)16-4-7-18(31-2)8-5-16/h4-9,13,19,23-24H,3,10-12,14-15H2,1-2H3,(H,26,28)(H,29,30)/t19-,23+,24-/m1/s1. The highest BCUT2D eigenvalue weighted by molar-refractivity contribution is 5.76. The summed E-state index contributed by atoms with van der Waals surface area (Å²) in [5.41, 5.74) is 1.78. The molecular formula is C25H30N2O6. The van der Waals surface area contributed by atoms with E-state index in [4.69, 9.17) is 14.2 Å². The summed E-state index contributed by atoms with van der Waals surface area (Å²) in [4.78, 5) is 27.0. The fourth-order valence-corrected chi connectivity index (χ4v) is 4.74. The molecule has 33 heavy (non-hydrogen) atoms. The molecule has 0 aliphatic carbocycles. The van der Waals surface area contributed by atoms with Gasteiger partial charge in [0.15, 0.2) is 11.5 Å². The number of fused-ring (bicyclic) bond motifs is 1. The molecule has 2 N–H and O–H groups in total. The van der Waals surface area contributed by atoms with Crippen molar-refractivity contribution in [1.82, 2.24) is 10.2 Å². The molecule has 0 spiro atoms. The van der Waals surface area contributed by atoms with Gasteiger partial charge in [-0.25, -0.2) is 0 Å². The summed E-state index contributed by atoms with van der Waals surface area (Å²) >= 11 is 0. The molecule has 2 aliphatic rings. The third kappa shape index (κ3) is 4.90. The van der Waals surface area contributed by atoms with Gasteiger partial charge in [0.2, 0.25) is 12.7 Å². The molecule has 2 aromatic carbocycles. The van der Waals surface area contributed by atoms with Crippen molar-refractivity contribution in [3.05, 3.63) is 53.6 Å². The Bertz CT molecular complexity index is 993. The predicted molar refractivity (Wildman–Crippen MR) is 122 cm³/mol. The van der Waals surface area contributed by atoms with E-state index in [0.29, 0.717) is 43.3 Å². The van der Waals surface area contributed by atoms with E-state index < -0.39 is 11.9 Å². The zero-order valence-corrected chi connectivity index (χ0v) is 19.0. The first-order valence-electron chi connectivity index (χ1n) is 11.3. The largest absolute Gasteiger partial charge is 0.497 e. The van der Waals surface area contributed by atoms with Crippen LogP contribution in [0.1, 0.15) is 42.9 Å². The molecule has 4 rings (SSSR count). The summed E-state index contributed by atoms with van der Waals surface area (Å²) in [7, 11) is 1.60. The van der Waals surface area contributed by atoms with Crippen molar-refractivity contribution in [2.45, 2.75) is 31.7 Å². The molecule has 0 aromatic heterocycles. The molecule has 1 amide bonds. The van der Waals surface area contributed by atoms with E-state index in [1.807, 2.05) is 49.4 Å². The van der Waals surface area contributed by atoms with Crippen molar-refractivity contribution in [3.63, 3.8) is 0 Å². The average Bonchev–Trinajstić information content (AvgIpc) is 3.45. The van der Waals surface area contributed by atoms with Gasteiger partial charge in [0.1, 0.15) is 5.75 Å². The second kappa shape index (κ2) is 10.1. The van der Waals surface area contributed by atoms with E-state index in [1.54, 1.807) is 7.11 Å². The van der Waals surface area contributed by atoms with Crippen LogP contribution in [0.4, 0.5) is 0 Å². The number of ether oxygens (including phenoxy) is 3. The number of methoxy groups -OCH3 is 1. The number of nitrogens with one attached hydrogen (secondary N) is 1. The molecule has 3 atom stereocenters. The molecule has 2 aliphatic heterocycles. The molecule has 0 unspecified atom stereocenters. The third-order valence-electron chi connectivity index (χ3n) is 6.36. The van der Waals surface area contributed by atoms with Gasteiger partial charge in [-0.2, -0.15) is 0 Å². The SMILES string of the molecule is CCCNC(=O)CCN1C[C@H](c2ccc3c(c2)OCO3)[C@H](C(=O)O)[C@H]1c1ccc(OC)cc1. The molecule has 8 nitrogen and oxygen atoms in total. The number of benzene rings is 2. The maximum absolute atomic E-state index is 12.6. The first-order valence-corrected chi connectivity index (χ1v) is 11.3. The number of nitrogens with zero attached hydrogens (tertiary/aromatic N) is 1. The molecule has 0 saturated carbocycles. The normalized spacial score (nSPS) is 21.7. The molecular weight excluding hydrogens is 424 g/mol. The first-order chi connectivity index (χ1) is 16.0. The highest BCUT2D eigenvalue weighted by atomic mass is 16.7. The highest BCUT2D eigenvalue weighted by Gasteiger charge is 2.47. The Morgan fingerprint density at radius 1 is 1.12 bits per heavy atom. The summed E-state index contributed by atoms with van der Waals surface area (Å²) in [5, 5.41) is 13.2. The third-order valence-corrected chi connectivity index (χ3v) is 6.36. The molecule has 1 fully saturated rings. The monoisotopic (exact) mass is 454 g/mol. The molecule has 2 aromatic rings. The van der Waals surface area contributed by atoms with Gasteiger partial charge < -0.3 is 24.6 Å². The maximum Gasteiger partial charge on any atom is 0.309 e. The molecule has 8 heteroatoms. The summed E-state index contributed by atoms with van der Waals surface area (Å²) in [6.45, 7) is 3.80. The number of amides is 1. The van der Waals surface area contributed by atoms with Crippen molar-refractivity contribution in [2.24, 2.45) is 5.92 Å². The van der Waals surface area contributed by atoms with Gasteiger partial charge in [-0.1, -0.05) is 25.1 Å². The van der Waals surface area contributed by atoms with Crippen molar-refractivity contribution in [1.29, 1.82) is 0 Å². The maximum atomic E-state index is 12.6. The van der Waals surface area contributed by atoms with Crippen LogP contribution in [0.15, 0.2) is 42.5 Å². The Morgan fingerprint density at radius 3 is 2.55 bits per heavy atom. The van der Waals surface area contributed by atoms with Crippen molar-refractivity contribution in [3.8, 4) is 17.2 Å². The lowest BCUT2D eigenvalue weighted by Gasteiger charge is -2.27. The Hall–Kier alpha value is -3.26. The van der Waals surface area contributed by atoms with Crippen LogP contribution in [0.5, 0.6) is 17.2 Å². The van der Waals surface area contributed by atoms with Crippen LogP contribution in [0.2, 0.25) is 0 Å². The van der Waals surface area contributed by atoms with Crippen LogP contribution >= 0.6 is 0 Å². The summed E-state index contributed by atoms with van der Waals surface area (Å²) in [6, 6.07) is 12.8. The molecule has 0 radical (unpaired) electrons. The summed E-state index contributed by atoms with van der Waals surface area (Å²) < 4.78 is 16.2. The zero-order valence-electron chi connectivity index (χ0n) is 19.0. The number of rotatable bonds is 9. The second-order valence-electron chi connectivity index (χ2n) is 8.40. The number of aliphatic carboxylic acids is 1. The van der Waals surface area contributed by atoms with Crippen LogP contribution in [0.3, 0.4) is 0 Å². The Kier molecular flexibility index (Phi) is 7.03. The van der Waals surface area contributed by atoms with Gasteiger partial charge in [0.05, 0.1) is 13.0 Å². The number of carbonyl (C=O) groups excluding carboxylic acids is 1. The van der Waals surface area contributed by atoms with Crippen LogP contribution in [-0.4, -0.2) is 55.4 Å². The zero-order chi connectivity index (χ0) is 23.4. The lowest BCUT2D eigenvalue weighted by atomic mass is 9.82. The van der Waals surface area contributed by atoms with E-state index in [-0.39, 0.29) is 24.7 Å². The minimum Gasteiger partial charge on any atom is -0.497 e. The lowest BCUT2D eigenvalue weighted by molar-refractivity contribution is -0.143. The van der Waals surface area contributed by atoms with Gasteiger partial charge in [-0.05, 0) is 41.8 Å². The Morgan fingerprint density at radius 2 is 1.85 bits per heavy atom. The van der Waals surface area contributed by atoms with E-state index in [9.17, 15) is 14.7 Å². The molecule has 2 heterocycles. The fraction of sp³-hybridized carbons (Fsp3) is 0.440. The number of carboxylic acids is 1. The summed E-state index contributed by atoms with van der Waals surface area (Å²) in [5.74, 6) is 0.177. The highest BCUT2D eigenvalue weighted by Crippen LogP contribution is 2.47. The smallest absolute Gasteiger partial charge is 0.309 e. The van der Waals surface area contributed by atoms with E-state index in [1.165, 1.54) is 0 Å². The quantitative estimate of drug-likeness (QED) is 0.601. The van der Waals surface area contributed by atoms with Gasteiger partial charge in [-0.15, -0.1) is 0 Å². The van der Waals surface area contributed by atoms with Crippen molar-refractivity contribution < 1.29 is 28.9 Å². The van der Waals surface area contributed by atoms with Crippen LogP contribution in [-0.2, 0) is 9.59 Å². The van der Waals surface area contributed by atoms with Crippen molar-refractivity contribution in [2.75, 3.05) is 33.5 Å². The lowest BCUT2D eigenvalue weighted by Crippen LogP contribution is -2.33. The van der Waals surface area contributed by atoms with E-state index in [0.717, 1.165) is 17.5 Å². The topological polar surface area (TPSA) is 97.3 Å². The number of likely N-dealkylation sites (tertiary alicyclic amines) is 1. The van der Waals surface area contributed by atoms with Gasteiger partial charge in [0, 0.05) is 38.0 Å². The van der Waals surface area contributed by atoms with Crippen LogP contribution in [0, 0.1) is 5.92 Å². The fourth-order valence-electron chi connectivity index (χ4n) is 4.74. The van der Waals surface area contributed by atoms with E-state index in [2.05, 4.69) is 10.2 Å². The predicted octanol–water partition coefficient (Wildman–Crippen LogP) is 3.18. The second-order valence-corrected chi connectivity index (χ2v) is 8.40. The molecule has 176 valence electrons. The Balaban J connectivity index is 1.65. The first kappa shape index (κ1) is 22.9. The van der Waals surface area contributed by atoms with Gasteiger partial charge >= 0.3 is 5.97 Å². The average molecular weight is 455 g/mol. The molecule has 1 saturated heterocycles. The number of carbonyl (C=O) groups is 2. The summed E-state index contributed by atoms with van der Waals surface area (Å²) in [6.07, 6.45) is 1.18. The van der Waals surface area contributed by atoms with Gasteiger partial charge in [0.25, 0.3) is 0 Å². The molecule has 0 bridgehead atoms. The number of hydrogen-bond donors (Lipinski definition) is 2. The minimum atomic E-state index is -0.864. The number of carboxylic acid groups (broad SMARTS) is 1. The minimum absolute atomic E-state index is 0.0243. The van der Waals surface area contributed by atoms with Crippen LogP contribution < -0.4 is 19.5 Å².